The van der Waals surface area contributed by atoms with Crippen LogP contribution in [-0.4, -0.2) is 55.0 Å². The van der Waals surface area contributed by atoms with E-state index in [-0.39, 0.29) is 53.9 Å². The Morgan fingerprint density at radius 1 is 1.17 bits per heavy atom. The van der Waals surface area contributed by atoms with E-state index in [9.17, 15) is 9.59 Å². The van der Waals surface area contributed by atoms with Crippen LogP contribution in [0.1, 0.15) is 39.7 Å². The number of hydrogen-bond acceptors (Lipinski definition) is 3. The van der Waals surface area contributed by atoms with E-state index >= 15 is 0 Å². The van der Waals surface area contributed by atoms with Gasteiger partial charge in [-0.3, -0.25) is 9.79 Å². The molecule has 1 aromatic rings. The molecule has 30 heavy (non-hydrogen) atoms. The van der Waals surface area contributed by atoms with Gasteiger partial charge in [-0.2, -0.15) is 0 Å². The Kier molecular flexibility index (Phi) is 10.9. The molecule has 0 saturated carbocycles. The van der Waals surface area contributed by atoms with Crippen molar-refractivity contribution in [2.24, 2.45) is 10.9 Å². The van der Waals surface area contributed by atoms with Gasteiger partial charge in [0.1, 0.15) is 0 Å². The Balaban J connectivity index is 0.00000450. The van der Waals surface area contributed by atoms with Gasteiger partial charge in [0, 0.05) is 50.4 Å². The first-order valence-corrected chi connectivity index (χ1v) is 10.2. The van der Waals surface area contributed by atoms with E-state index in [2.05, 4.69) is 26.3 Å². The second-order valence-corrected chi connectivity index (χ2v) is 7.94. The molecular weight excluding hydrogens is 495 g/mol. The molecule has 0 aromatic heterocycles. The number of guanidine groups is 1. The van der Waals surface area contributed by atoms with Crippen molar-refractivity contribution >= 4 is 47.6 Å². The molecule has 0 bridgehead atoms. The third-order valence-electron chi connectivity index (χ3n) is 4.65. The lowest BCUT2D eigenvalue weighted by atomic mass is 10.2. The number of likely N-dealkylation sites (tertiary alicyclic amines) is 1. The molecule has 1 aromatic carbocycles. The van der Waals surface area contributed by atoms with E-state index in [1.807, 2.05) is 56.9 Å². The van der Waals surface area contributed by atoms with Crippen LogP contribution >= 0.6 is 24.0 Å². The lowest BCUT2D eigenvalue weighted by Gasteiger charge is -2.20. The Morgan fingerprint density at radius 2 is 1.83 bits per heavy atom. The van der Waals surface area contributed by atoms with Crippen molar-refractivity contribution in [1.29, 1.82) is 0 Å². The summed E-state index contributed by atoms with van der Waals surface area (Å²) >= 11 is 0. The van der Waals surface area contributed by atoms with Crippen molar-refractivity contribution in [2.45, 2.75) is 52.7 Å². The van der Waals surface area contributed by atoms with Crippen LogP contribution in [0.3, 0.4) is 0 Å². The fourth-order valence-corrected chi connectivity index (χ4v) is 3.15. The molecular formula is C21H35IN6O2. The molecule has 3 amide bonds. The molecule has 2 rings (SSSR count). The number of carbonyl (C=O) groups excluding carboxylic acids is 2. The molecule has 0 spiro atoms. The minimum Gasteiger partial charge on any atom is -0.352 e. The van der Waals surface area contributed by atoms with Crippen LogP contribution in [0.4, 0.5) is 10.5 Å². The monoisotopic (exact) mass is 530 g/mol. The molecule has 8 nitrogen and oxygen atoms in total. The lowest BCUT2D eigenvalue weighted by molar-refractivity contribution is -0.133. The van der Waals surface area contributed by atoms with Crippen molar-refractivity contribution in [3.05, 3.63) is 29.8 Å². The summed E-state index contributed by atoms with van der Waals surface area (Å²) in [6.07, 6.45) is 0.915. The van der Waals surface area contributed by atoms with Gasteiger partial charge in [-0.05, 0) is 38.0 Å². The fourth-order valence-electron chi connectivity index (χ4n) is 3.15. The highest BCUT2D eigenvalue weighted by Gasteiger charge is 2.27. The van der Waals surface area contributed by atoms with Crippen molar-refractivity contribution in [3.8, 4) is 0 Å². The Morgan fingerprint density at radius 3 is 2.40 bits per heavy atom. The summed E-state index contributed by atoms with van der Waals surface area (Å²) in [6, 6.07) is 7.76. The van der Waals surface area contributed by atoms with Gasteiger partial charge in [-0.25, -0.2) is 4.79 Å². The van der Waals surface area contributed by atoms with E-state index in [0.717, 1.165) is 24.2 Å². The van der Waals surface area contributed by atoms with Crippen LogP contribution in [0, 0.1) is 5.92 Å². The number of hydrogen-bond donors (Lipinski definition) is 4. The molecule has 1 aliphatic rings. The molecule has 1 unspecified atom stereocenters. The number of anilines is 1. The SMILES string of the molecule is CN=C(NCc1ccc(NC(=O)NC(C)C)cc1)NC1CCN(C(=O)C(C)C)C1.I. The Hall–Kier alpha value is -2.04. The van der Waals surface area contributed by atoms with E-state index in [0.29, 0.717) is 19.0 Å². The number of rotatable bonds is 6. The highest BCUT2D eigenvalue weighted by Crippen LogP contribution is 2.13. The number of amides is 3. The molecule has 9 heteroatoms. The third-order valence-corrected chi connectivity index (χ3v) is 4.65. The molecule has 1 fully saturated rings. The molecule has 1 saturated heterocycles. The summed E-state index contributed by atoms with van der Waals surface area (Å²) in [4.78, 5) is 30.1. The average molecular weight is 530 g/mol. The van der Waals surface area contributed by atoms with Gasteiger partial charge in [-0.1, -0.05) is 26.0 Å². The summed E-state index contributed by atoms with van der Waals surface area (Å²) in [7, 11) is 1.74. The predicted molar refractivity (Wildman–Crippen MR) is 132 cm³/mol. The zero-order chi connectivity index (χ0) is 21.4. The van der Waals surface area contributed by atoms with E-state index in [1.165, 1.54) is 0 Å². The van der Waals surface area contributed by atoms with Gasteiger partial charge in [0.25, 0.3) is 0 Å². The van der Waals surface area contributed by atoms with Gasteiger partial charge in [0.05, 0.1) is 0 Å². The third kappa shape index (κ3) is 8.37. The van der Waals surface area contributed by atoms with Gasteiger partial charge in [0.2, 0.25) is 5.91 Å². The van der Waals surface area contributed by atoms with Crippen LogP contribution in [0.2, 0.25) is 0 Å². The maximum atomic E-state index is 12.1. The summed E-state index contributed by atoms with van der Waals surface area (Å²) < 4.78 is 0. The first-order chi connectivity index (χ1) is 13.8. The van der Waals surface area contributed by atoms with E-state index in [1.54, 1.807) is 7.05 Å². The zero-order valence-electron chi connectivity index (χ0n) is 18.5. The van der Waals surface area contributed by atoms with Gasteiger partial charge >= 0.3 is 6.03 Å². The van der Waals surface area contributed by atoms with Crippen molar-refractivity contribution in [2.75, 3.05) is 25.5 Å². The highest BCUT2D eigenvalue weighted by atomic mass is 127. The standard InChI is InChI=1S/C21H34N6O2.HI/c1-14(2)19(28)27-11-10-18(13-27)25-20(22-5)23-12-16-6-8-17(9-7-16)26-21(29)24-15(3)4;/h6-9,14-15,18H,10-13H2,1-5H3,(H2,22,23,25)(H2,24,26,29);1H. The maximum Gasteiger partial charge on any atom is 0.319 e. The van der Waals surface area contributed by atoms with Gasteiger partial charge < -0.3 is 26.2 Å². The number of nitrogens with one attached hydrogen (secondary N) is 4. The predicted octanol–water partition coefficient (Wildman–Crippen LogP) is 2.76. The van der Waals surface area contributed by atoms with Crippen LogP contribution < -0.4 is 21.3 Å². The van der Waals surface area contributed by atoms with Crippen molar-refractivity contribution in [3.63, 3.8) is 0 Å². The first-order valence-electron chi connectivity index (χ1n) is 10.2. The van der Waals surface area contributed by atoms with Crippen molar-refractivity contribution < 1.29 is 9.59 Å². The van der Waals surface area contributed by atoms with Crippen LogP contribution in [0.5, 0.6) is 0 Å². The smallest absolute Gasteiger partial charge is 0.319 e. The molecule has 1 aliphatic heterocycles. The molecule has 1 heterocycles. The maximum absolute atomic E-state index is 12.1. The topological polar surface area (TPSA) is 97.9 Å². The minimum atomic E-state index is -0.211. The minimum absolute atomic E-state index is 0. The molecule has 168 valence electrons. The number of carbonyl (C=O) groups is 2. The molecule has 4 N–H and O–H groups in total. The van der Waals surface area contributed by atoms with Crippen molar-refractivity contribution in [1.82, 2.24) is 20.9 Å². The molecule has 0 radical (unpaired) electrons. The second-order valence-electron chi connectivity index (χ2n) is 7.94. The molecule has 1 atom stereocenters. The normalized spacial score (nSPS) is 16.3. The Bertz CT molecular complexity index is 721. The van der Waals surface area contributed by atoms with Crippen LogP contribution in [-0.2, 0) is 11.3 Å². The molecule has 0 aliphatic carbocycles. The zero-order valence-corrected chi connectivity index (χ0v) is 20.8. The van der Waals surface area contributed by atoms with Crippen LogP contribution in [0.15, 0.2) is 29.3 Å². The Labute approximate surface area is 196 Å². The lowest BCUT2D eigenvalue weighted by Crippen LogP contribution is -2.45. The number of urea groups is 1. The second kappa shape index (κ2) is 12.6. The van der Waals surface area contributed by atoms with Gasteiger partial charge in [0.15, 0.2) is 5.96 Å². The number of nitrogens with zero attached hydrogens (tertiary/aromatic N) is 2. The number of halogens is 1. The quantitative estimate of drug-likeness (QED) is 0.258. The number of aliphatic imine (C=N–C) groups is 1. The van der Waals surface area contributed by atoms with Gasteiger partial charge in [-0.15, -0.1) is 24.0 Å². The van der Waals surface area contributed by atoms with E-state index < -0.39 is 0 Å². The number of benzene rings is 1. The summed E-state index contributed by atoms with van der Waals surface area (Å²) in [5, 5.41) is 12.3. The van der Waals surface area contributed by atoms with Crippen LogP contribution in [0.25, 0.3) is 0 Å². The summed E-state index contributed by atoms with van der Waals surface area (Å²) in [6.45, 7) is 9.80. The fraction of sp³-hybridized carbons (Fsp3) is 0.571. The first kappa shape index (κ1) is 26.0. The highest BCUT2D eigenvalue weighted by molar-refractivity contribution is 14.0. The van der Waals surface area contributed by atoms with E-state index in [4.69, 9.17) is 0 Å². The largest absolute Gasteiger partial charge is 0.352 e. The summed E-state index contributed by atoms with van der Waals surface area (Å²) in [5.41, 5.74) is 1.82. The summed E-state index contributed by atoms with van der Waals surface area (Å²) in [5.74, 6) is 0.945. The average Bonchev–Trinajstić information content (AvgIpc) is 3.13.